The average Bonchev–Trinajstić information content (AvgIpc) is 2.18. The predicted octanol–water partition coefficient (Wildman–Crippen LogP) is 3.54. The first-order chi connectivity index (χ1) is 6.69. The fraction of sp³-hybridized carbons (Fsp3) is 0.100. The Bertz CT molecular complexity index is 398. The molecule has 0 aromatic heterocycles. The Kier molecular flexibility index (Phi) is 3.99. The molecule has 0 saturated carbocycles. The summed E-state index contributed by atoms with van der Waals surface area (Å²) in [5, 5.41) is 9.08. The lowest BCUT2D eigenvalue weighted by Crippen LogP contribution is -1.94. The Morgan fingerprint density at radius 2 is 2.36 bits per heavy atom. The van der Waals surface area contributed by atoms with Crippen LogP contribution in [0.15, 0.2) is 29.3 Å². The number of hydrogen-bond acceptors (Lipinski definition) is 2. The summed E-state index contributed by atoms with van der Waals surface area (Å²) in [7, 11) is 0. The van der Waals surface area contributed by atoms with Gasteiger partial charge in [-0.25, -0.2) is 0 Å². The summed E-state index contributed by atoms with van der Waals surface area (Å²) >= 11 is 9.11. The summed E-state index contributed by atoms with van der Waals surface area (Å²) in [6.07, 6.45) is 1.64. The van der Waals surface area contributed by atoms with Crippen LogP contribution < -0.4 is 4.74 Å². The van der Waals surface area contributed by atoms with E-state index in [-0.39, 0.29) is 0 Å². The maximum absolute atomic E-state index is 8.70. The Balaban J connectivity index is 3.03. The van der Waals surface area contributed by atoms with Gasteiger partial charge in [-0.05, 0) is 22.0 Å². The number of halogens is 2. The largest absolute Gasteiger partial charge is 0.488 e. The van der Waals surface area contributed by atoms with Gasteiger partial charge in [-0.1, -0.05) is 24.3 Å². The maximum Gasteiger partial charge on any atom is 0.135 e. The van der Waals surface area contributed by atoms with Crippen LogP contribution in [0, 0.1) is 11.3 Å². The highest BCUT2D eigenvalue weighted by atomic mass is 79.9. The molecule has 0 aliphatic rings. The van der Waals surface area contributed by atoms with Crippen molar-refractivity contribution >= 4 is 27.5 Å². The highest BCUT2D eigenvalue weighted by molar-refractivity contribution is 9.10. The molecule has 0 saturated heterocycles. The minimum Gasteiger partial charge on any atom is -0.488 e. The van der Waals surface area contributed by atoms with Crippen molar-refractivity contribution in [2.75, 3.05) is 6.61 Å². The van der Waals surface area contributed by atoms with Crippen LogP contribution in [0.25, 0.3) is 0 Å². The first kappa shape index (κ1) is 11.1. The zero-order valence-electron chi connectivity index (χ0n) is 7.26. The molecule has 1 rings (SSSR count). The molecule has 1 aromatic rings. The molecule has 1 aromatic carbocycles. The van der Waals surface area contributed by atoms with Gasteiger partial charge in [0.05, 0.1) is 15.1 Å². The second kappa shape index (κ2) is 5.04. The van der Waals surface area contributed by atoms with Crippen molar-refractivity contribution in [3.63, 3.8) is 0 Å². The van der Waals surface area contributed by atoms with E-state index in [1.807, 2.05) is 6.07 Å². The summed E-state index contributed by atoms with van der Waals surface area (Å²) in [6.45, 7) is 3.94. The highest BCUT2D eigenvalue weighted by Crippen LogP contribution is 2.31. The monoisotopic (exact) mass is 271 g/mol. The number of hydrogen-bond donors (Lipinski definition) is 0. The van der Waals surface area contributed by atoms with Crippen molar-refractivity contribution < 1.29 is 4.74 Å². The van der Waals surface area contributed by atoms with Crippen molar-refractivity contribution in [3.8, 4) is 11.8 Å². The summed E-state index contributed by atoms with van der Waals surface area (Å²) in [5.41, 5.74) is 0.421. The van der Waals surface area contributed by atoms with E-state index in [1.54, 1.807) is 18.2 Å². The predicted molar refractivity (Wildman–Crippen MR) is 59.6 cm³/mol. The van der Waals surface area contributed by atoms with Gasteiger partial charge in [0.15, 0.2) is 0 Å². The zero-order valence-corrected chi connectivity index (χ0v) is 9.60. The second-order valence-electron chi connectivity index (χ2n) is 2.47. The van der Waals surface area contributed by atoms with Gasteiger partial charge >= 0.3 is 0 Å². The molecule has 0 N–H and O–H groups in total. The molecular weight excluding hydrogens is 265 g/mol. The van der Waals surface area contributed by atoms with Crippen LogP contribution in [0.5, 0.6) is 5.75 Å². The molecular formula is C10H7BrClNO. The Labute approximate surface area is 95.9 Å². The number of benzene rings is 1. The van der Waals surface area contributed by atoms with Gasteiger partial charge in [-0.3, -0.25) is 0 Å². The van der Waals surface area contributed by atoms with Crippen molar-refractivity contribution in [1.82, 2.24) is 0 Å². The molecule has 0 radical (unpaired) electrons. The van der Waals surface area contributed by atoms with Gasteiger partial charge < -0.3 is 4.74 Å². The summed E-state index contributed by atoms with van der Waals surface area (Å²) < 4.78 is 6.02. The third-order valence-electron chi connectivity index (χ3n) is 1.50. The van der Waals surface area contributed by atoms with Crippen LogP contribution in [0.1, 0.15) is 5.56 Å². The number of ether oxygens (including phenoxy) is 1. The molecule has 0 amide bonds. The van der Waals surface area contributed by atoms with Crippen LogP contribution in [0.3, 0.4) is 0 Å². The van der Waals surface area contributed by atoms with E-state index in [2.05, 4.69) is 22.5 Å². The molecule has 2 nitrogen and oxygen atoms in total. The van der Waals surface area contributed by atoms with Crippen LogP contribution in [0.4, 0.5) is 0 Å². The van der Waals surface area contributed by atoms with Crippen LogP contribution >= 0.6 is 27.5 Å². The molecule has 72 valence electrons. The number of nitrogens with zero attached hydrogens (tertiary/aromatic N) is 1. The lowest BCUT2D eigenvalue weighted by Gasteiger charge is -2.06. The van der Waals surface area contributed by atoms with Gasteiger partial charge in [0.1, 0.15) is 18.4 Å². The van der Waals surface area contributed by atoms with Gasteiger partial charge in [-0.15, -0.1) is 0 Å². The molecule has 0 aliphatic carbocycles. The lowest BCUT2D eigenvalue weighted by molar-refractivity contribution is 0.361. The van der Waals surface area contributed by atoms with Gasteiger partial charge in [0.2, 0.25) is 0 Å². The standard InChI is InChI=1S/C10H7BrClNO/c1-2-3-14-10-5-9(12)7(6-13)4-8(10)11/h2,4-5H,1,3H2. The molecule has 0 unspecified atom stereocenters. The maximum atomic E-state index is 8.70. The van der Waals surface area contributed by atoms with Crippen LogP contribution in [0.2, 0.25) is 5.02 Å². The Morgan fingerprint density at radius 3 is 2.93 bits per heavy atom. The average molecular weight is 273 g/mol. The molecule has 0 bridgehead atoms. The molecule has 0 atom stereocenters. The summed E-state index contributed by atoms with van der Waals surface area (Å²) in [5.74, 6) is 0.605. The van der Waals surface area contributed by atoms with Crippen molar-refractivity contribution in [2.24, 2.45) is 0 Å². The molecule has 0 fully saturated rings. The van der Waals surface area contributed by atoms with E-state index < -0.39 is 0 Å². The molecule has 0 heterocycles. The second-order valence-corrected chi connectivity index (χ2v) is 3.74. The molecule has 4 heteroatoms. The molecule has 0 aliphatic heterocycles. The summed E-state index contributed by atoms with van der Waals surface area (Å²) in [4.78, 5) is 0. The smallest absolute Gasteiger partial charge is 0.135 e. The lowest BCUT2D eigenvalue weighted by atomic mass is 10.2. The number of rotatable bonds is 3. The van der Waals surface area contributed by atoms with Gasteiger partial charge in [0, 0.05) is 6.07 Å². The third kappa shape index (κ3) is 2.50. The highest BCUT2D eigenvalue weighted by Gasteiger charge is 2.06. The van der Waals surface area contributed by atoms with E-state index in [4.69, 9.17) is 21.6 Å². The fourth-order valence-electron chi connectivity index (χ4n) is 0.874. The fourth-order valence-corrected chi connectivity index (χ4v) is 1.53. The first-order valence-corrected chi connectivity index (χ1v) is 4.99. The normalized spacial score (nSPS) is 9.21. The SMILES string of the molecule is C=CCOc1cc(Cl)c(C#N)cc1Br. The zero-order chi connectivity index (χ0) is 10.6. The van der Waals surface area contributed by atoms with Crippen LogP contribution in [-0.4, -0.2) is 6.61 Å². The number of nitriles is 1. The van der Waals surface area contributed by atoms with Crippen LogP contribution in [-0.2, 0) is 0 Å². The Morgan fingerprint density at radius 1 is 1.64 bits per heavy atom. The summed E-state index contributed by atoms with van der Waals surface area (Å²) in [6, 6.07) is 5.21. The van der Waals surface area contributed by atoms with Gasteiger partial charge in [0.25, 0.3) is 0 Å². The van der Waals surface area contributed by atoms with E-state index in [9.17, 15) is 0 Å². The molecule has 14 heavy (non-hydrogen) atoms. The van der Waals surface area contributed by atoms with Crippen molar-refractivity contribution in [3.05, 3.63) is 39.8 Å². The molecule has 0 spiro atoms. The van der Waals surface area contributed by atoms with Gasteiger partial charge in [-0.2, -0.15) is 5.26 Å². The first-order valence-electron chi connectivity index (χ1n) is 3.82. The minimum absolute atomic E-state index is 0.384. The third-order valence-corrected chi connectivity index (χ3v) is 2.43. The van der Waals surface area contributed by atoms with E-state index in [1.165, 1.54) is 0 Å². The van der Waals surface area contributed by atoms with E-state index in [0.717, 1.165) is 0 Å². The topological polar surface area (TPSA) is 33.0 Å². The minimum atomic E-state index is 0.384. The van der Waals surface area contributed by atoms with E-state index >= 15 is 0 Å². The Hall–Kier alpha value is -0.980. The van der Waals surface area contributed by atoms with Crippen molar-refractivity contribution in [1.29, 1.82) is 5.26 Å². The quantitative estimate of drug-likeness (QED) is 0.789. The van der Waals surface area contributed by atoms with E-state index in [0.29, 0.717) is 27.4 Å². The van der Waals surface area contributed by atoms with Crippen molar-refractivity contribution in [2.45, 2.75) is 0 Å².